The predicted molar refractivity (Wildman–Crippen MR) is 71.3 cm³/mol. The Morgan fingerprint density at radius 1 is 0.562 bits per heavy atom. The molecule has 0 aliphatic heterocycles. The van der Waals surface area contributed by atoms with Gasteiger partial charge in [0.25, 0.3) is 0 Å². The average molecular weight is 226 g/mol. The molecule has 16 heavy (non-hydrogen) atoms. The molecule has 2 fully saturated rings. The van der Waals surface area contributed by atoms with Gasteiger partial charge in [-0.15, -0.1) is 0 Å². The number of nitrogens with two attached hydrogens (primary N) is 2. The number of rotatable bonds is 2. The Kier molecular flexibility index (Phi) is 7.87. The largest absolute Gasteiger partial charge is 0.329 e. The van der Waals surface area contributed by atoms with Crippen LogP contribution in [0.1, 0.15) is 64.2 Å². The predicted octanol–water partition coefficient (Wildman–Crippen LogP) is 3.05. The average Bonchev–Trinajstić information content (AvgIpc) is 2.41. The SMILES string of the molecule is C1CCC(C2CCCCC2)CC1.NCCN. The van der Waals surface area contributed by atoms with Crippen LogP contribution in [-0.4, -0.2) is 13.1 Å². The lowest BCUT2D eigenvalue weighted by atomic mass is 9.73. The third-order valence-electron chi connectivity index (χ3n) is 4.13. The van der Waals surface area contributed by atoms with Crippen molar-refractivity contribution in [2.45, 2.75) is 64.2 Å². The molecule has 96 valence electrons. The zero-order valence-electron chi connectivity index (χ0n) is 10.8. The highest BCUT2D eigenvalue weighted by atomic mass is 14.6. The van der Waals surface area contributed by atoms with Crippen LogP contribution in [0.5, 0.6) is 0 Å². The van der Waals surface area contributed by atoms with Gasteiger partial charge in [0.05, 0.1) is 0 Å². The van der Waals surface area contributed by atoms with E-state index in [1.165, 1.54) is 38.5 Å². The molecule has 2 aliphatic rings. The molecule has 4 N–H and O–H groups in total. The molecule has 2 rings (SSSR count). The van der Waals surface area contributed by atoms with Gasteiger partial charge >= 0.3 is 0 Å². The minimum Gasteiger partial charge on any atom is -0.329 e. The molecule has 0 aromatic rings. The van der Waals surface area contributed by atoms with E-state index in [0.29, 0.717) is 13.1 Å². The van der Waals surface area contributed by atoms with Gasteiger partial charge < -0.3 is 11.5 Å². The highest BCUT2D eigenvalue weighted by Gasteiger charge is 2.24. The van der Waals surface area contributed by atoms with Crippen molar-refractivity contribution in [3.05, 3.63) is 0 Å². The van der Waals surface area contributed by atoms with Crippen LogP contribution in [0.15, 0.2) is 0 Å². The highest BCUT2D eigenvalue weighted by molar-refractivity contribution is 4.76. The molecule has 2 aliphatic carbocycles. The lowest BCUT2D eigenvalue weighted by Gasteiger charge is -2.32. The molecule has 0 atom stereocenters. The second-order valence-corrected chi connectivity index (χ2v) is 5.37. The second kappa shape index (κ2) is 9.00. The fourth-order valence-corrected chi connectivity index (χ4v) is 3.21. The molecule has 2 heteroatoms. The highest BCUT2D eigenvalue weighted by Crippen LogP contribution is 2.37. The van der Waals surface area contributed by atoms with Crippen LogP contribution in [-0.2, 0) is 0 Å². The molecular weight excluding hydrogens is 196 g/mol. The van der Waals surface area contributed by atoms with E-state index in [1.807, 2.05) is 0 Å². The molecule has 2 saturated carbocycles. The third-order valence-corrected chi connectivity index (χ3v) is 4.13. The van der Waals surface area contributed by atoms with Gasteiger partial charge in [-0.3, -0.25) is 0 Å². The van der Waals surface area contributed by atoms with Crippen molar-refractivity contribution in [2.24, 2.45) is 23.3 Å². The van der Waals surface area contributed by atoms with Crippen LogP contribution >= 0.6 is 0 Å². The number of hydrogen-bond acceptors (Lipinski definition) is 2. The Balaban J connectivity index is 0.000000280. The van der Waals surface area contributed by atoms with Crippen LogP contribution in [0.4, 0.5) is 0 Å². The van der Waals surface area contributed by atoms with Gasteiger partial charge in [-0.2, -0.15) is 0 Å². The topological polar surface area (TPSA) is 52.0 Å². The summed E-state index contributed by atoms with van der Waals surface area (Å²) in [7, 11) is 0. The summed E-state index contributed by atoms with van der Waals surface area (Å²) >= 11 is 0. The smallest absolute Gasteiger partial charge is 0.00461 e. The Bertz CT molecular complexity index is 129. The quantitative estimate of drug-likeness (QED) is 0.760. The minimum absolute atomic E-state index is 0.597. The van der Waals surface area contributed by atoms with Crippen molar-refractivity contribution in [2.75, 3.05) is 13.1 Å². The lowest BCUT2D eigenvalue weighted by molar-refractivity contribution is 0.196. The molecule has 0 radical (unpaired) electrons. The van der Waals surface area contributed by atoms with E-state index < -0.39 is 0 Å². The van der Waals surface area contributed by atoms with Crippen molar-refractivity contribution >= 4 is 0 Å². The number of hydrogen-bond donors (Lipinski definition) is 2. The van der Waals surface area contributed by atoms with Gasteiger partial charge in [-0.05, 0) is 11.8 Å². The summed E-state index contributed by atoms with van der Waals surface area (Å²) in [6.07, 6.45) is 15.4. The van der Waals surface area contributed by atoms with Crippen molar-refractivity contribution < 1.29 is 0 Å². The van der Waals surface area contributed by atoms with Gasteiger partial charge in [0.1, 0.15) is 0 Å². The standard InChI is InChI=1S/C12H22.C2H8N2/c1-3-7-11(8-4-1)12-9-5-2-6-10-12;3-1-2-4/h11-12H,1-10H2;1-4H2. The Hall–Kier alpha value is -0.0800. The molecule has 0 aromatic carbocycles. The van der Waals surface area contributed by atoms with E-state index in [1.54, 1.807) is 25.7 Å². The minimum atomic E-state index is 0.597. The van der Waals surface area contributed by atoms with E-state index in [9.17, 15) is 0 Å². The van der Waals surface area contributed by atoms with Crippen molar-refractivity contribution in [3.8, 4) is 0 Å². The first-order valence-corrected chi connectivity index (χ1v) is 7.28. The lowest BCUT2D eigenvalue weighted by Crippen LogP contribution is -2.20. The molecule has 0 saturated heterocycles. The molecular formula is C14H30N2. The second-order valence-electron chi connectivity index (χ2n) is 5.37. The summed E-state index contributed by atoms with van der Waals surface area (Å²) in [6, 6.07) is 0. The monoisotopic (exact) mass is 226 g/mol. The van der Waals surface area contributed by atoms with Crippen LogP contribution < -0.4 is 11.5 Å². The van der Waals surface area contributed by atoms with E-state index in [2.05, 4.69) is 0 Å². The summed E-state index contributed by atoms with van der Waals surface area (Å²) in [5.74, 6) is 2.28. The first kappa shape index (κ1) is 14.0. The van der Waals surface area contributed by atoms with Gasteiger partial charge in [0.2, 0.25) is 0 Å². The molecule has 0 aromatic heterocycles. The van der Waals surface area contributed by atoms with Crippen molar-refractivity contribution in [1.82, 2.24) is 0 Å². The van der Waals surface area contributed by atoms with Crippen LogP contribution in [0.3, 0.4) is 0 Å². The maximum atomic E-state index is 4.90. The fourth-order valence-electron chi connectivity index (χ4n) is 3.21. The first-order valence-electron chi connectivity index (χ1n) is 7.28. The van der Waals surface area contributed by atoms with Gasteiger partial charge in [-0.1, -0.05) is 64.2 Å². The normalized spacial score (nSPS) is 23.6. The van der Waals surface area contributed by atoms with Crippen molar-refractivity contribution in [1.29, 1.82) is 0 Å². The Morgan fingerprint density at radius 3 is 1.12 bits per heavy atom. The summed E-state index contributed by atoms with van der Waals surface area (Å²) in [5, 5.41) is 0. The first-order chi connectivity index (χ1) is 7.88. The van der Waals surface area contributed by atoms with E-state index in [0.717, 1.165) is 11.8 Å². The van der Waals surface area contributed by atoms with Gasteiger partial charge in [0.15, 0.2) is 0 Å². The Labute approximate surface area is 101 Å². The summed E-state index contributed by atoms with van der Waals surface area (Å²) in [5.41, 5.74) is 9.81. The molecule has 0 heterocycles. The Morgan fingerprint density at radius 2 is 0.875 bits per heavy atom. The van der Waals surface area contributed by atoms with E-state index >= 15 is 0 Å². The van der Waals surface area contributed by atoms with Crippen LogP contribution in [0.25, 0.3) is 0 Å². The summed E-state index contributed by atoms with van der Waals surface area (Å²) in [6.45, 7) is 1.19. The maximum Gasteiger partial charge on any atom is 0.00461 e. The molecule has 0 bridgehead atoms. The molecule has 2 nitrogen and oxygen atoms in total. The zero-order valence-corrected chi connectivity index (χ0v) is 10.8. The maximum absolute atomic E-state index is 4.90. The van der Waals surface area contributed by atoms with Crippen molar-refractivity contribution in [3.63, 3.8) is 0 Å². The summed E-state index contributed by atoms with van der Waals surface area (Å²) in [4.78, 5) is 0. The third kappa shape index (κ3) is 5.31. The molecule has 0 unspecified atom stereocenters. The van der Waals surface area contributed by atoms with Crippen LogP contribution in [0.2, 0.25) is 0 Å². The van der Waals surface area contributed by atoms with E-state index in [-0.39, 0.29) is 0 Å². The zero-order chi connectivity index (χ0) is 11.6. The molecule has 0 spiro atoms. The summed E-state index contributed by atoms with van der Waals surface area (Å²) < 4.78 is 0. The van der Waals surface area contributed by atoms with Gasteiger partial charge in [0, 0.05) is 13.1 Å². The molecule has 0 amide bonds. The fraction of sp³-hybridized carbons (Fsp3) is 1.00. The van der Waals surface area contributed by atoms with Gasteiger partial charge in [-0.25, -0.2) is 0 Å². The van der Waals surface area contributed by atoms with Crippen LogP contribution in [0, 0.1) is 11.8 Å². The van der Waals surface area contributed by atoms with E-state index in [4.69, 9.17) is 11.5 Å².